The summed E-state index contributed by atoms with van der Waals surface area (Å²) in [5.41, 5.74) is 8.49. The Labute approximate surface area is 99.6 Å². The van der Waals surface area contributed by atoms with Crippen molar-refractivity contribution in [3.63, 3.8) is 0 Å². The zero-order valence-electron chi connectivity index (χ0n) is 9.46. The van der Waals surface area contributed by atoms with Gasteiger partial charge >= 0.3 is 0 Å². The van der Waals surface area contributed by atoms with Crippen LogP contribution in [0.1, 0.15) is 24.8 Å². The van der Waals surface area contributed by atoms with Crippen molar-refractivity contribution >= 4 is 22.7 Å². The number of nitrogens with two attached hydrogens (primary N) is 1. The molecule has 2 rings (SSSR count). The number of nitrogens with zero attached hydrogens (tertiary/aromatic N) is 1. The van der Waals surface area contributed by atoms with Gasteiger partial charge in [-0.05, 0) is 31.0 Å². The first-order chi connectivity index (χ1) is 7.60. The van der Waals surface area contributed by atoms with Crippen molar-refractivity contribution < 1.29 is 4.42 Å². The minimum absolute atomic E-state index is 0.101. The summed E-state index contributed by atoms with van der Waals surface area (Å²) in [7, 11) is 0. The van der Waals surface area contributed by atoms with E-state index < -0.39 is 0 Å². The lowest BCUT2D eigenvalue weighted by molar-refractivity contribution is 0.490. The van der Waals surface area contributed by atoms with Gasteiger partial charge in [-0.15, -0.1) is 0 Å². The molecule has 0 bridgehead atoms. The molecule has 0 fully saturated rings. The Morgan fingerprint density at radius 1 is 1.50 bits per heavy atom. The molecular weight excluding hydrogens is 224 g/mol. The zero-order valence-corrected chi connectivity index (χ0v) is 10.2. The Balaban J connectivity index is 2.40. The van der Waals surface area contributed by atoms with Crippen molar-refractivity contribution in [2.24, 2.45) is 5.73 Å². The van der Waals surface area contributed by atoms with Crippen LogP contribution < -0.4 is 5.73 Å². The Bertz CT molecular complexity index is 507. The molecule has 0 saturated carbocycles. The average molecular weight is 239 g/mol. The molecule has 0 saturated heterocycles. The maximum absolute atomic E-state index is 5.96. The summed E-state index contributed by atoms with van der Waals surface area (Å²) < 4.78 is 5.68. The standard InChI is InChI=1S/C12H15ClN2O/c1-3-9(14)6-11-15-10-5-8(13)4-7(2)12(10)16-11/h4-5,9H,3,6,14H2,1-2H3. The van der Waals surface area contributed by atoms with Gasteiger partial charge in [0.1, 0.15) is 5.52 Å². The van der Waals surface area contributed by atoms with Crippen LogP contribution in [0.15, 0.2) is 16.5 Å². The molecule has 1 unspecified atom stereocenters. The lowest BCUT2D eigenvalue weighted by Gasteiger charge is -2.03. The highest BCUT2D eigenvalue weighted by Crippen LogP contribution is 2.24. The lowest BCUT2D eigenvalue weighted by Crippen LogP contribution is -2.21. The lowest BCUT2D eigenvalue weighted by atomic mass is 10.2. The summed E-state index contributed by atoms with van der Waals surface area (Å²) in [6.45, 7) is 4.01. The molecule has 0 aliphatic rings. The van der Waals surface area contributed by atoms with Gasteiger partial charge in [-0.2, -0.15) is 0 Å². The maximum atomic E-state index is 5.96. The molecule has 4 heteroatoms. The molecule has 0 aliphatic heterocycles. The minimum atomic E-state index is 0.101. The second kappa shape index (κ2) is 4.44. The fourth-order valence-corrected chi connectivity index (χ4v) is 1.93. The van der Waals surface area contributed by atoms with Crippen LogP contribution >= 0.6 is 11.6 Å². The first-order valence-electron chi connectivity index (χ1n) is 5.41. The molecule has 0 aliphatic carbocycles. The molecule has 1 aromatic carbocycles. The molecular formula is C12H15ClN2O. The zero-order chi connectivity index (χ0) is 11.7. The topological polar surface area (TPSA) is 52.0 Å². The minimum Gasteiger partial charge on any atom is -0.440 e. The summed E-state index contributed by atoms with van der Waals surface area (Å²) in [5.74, 6) is 0.690. The summed E-state index contributed by atoms with van der Waals surface area (Å²) in [6, 6.07) is 3.79. The van der Waals surface area contributed by atoms with Gasteiger partial charge < -0.3 is 10.2 Å². The molecule has 86 valence electrons. The van der Waals surface area contributed by atoms with Crippen molar-refractivity contribution in [2.75, 3.05) is 0 Å². The Morgan fingerprint density at radius 2 is 2.25 bits per heavy atom. The van der Waals surface area contributed by atoms with Gasteiger partial charge in [-0.1, -0.05) is 18.5 Å². The van der Waals surface area contributed by atoms with Crippen LogP contribution in [0.25, 0.3) is 11.1 Å². The van der Waals surface area contributed by atoms with E-state index in [0.717, 1.165) is 23.1 Å². The number of benzene rings is 1. The molecule has 0 radical (unpaired) electrons. The van der Waals surface area contributed by atoms with Gasteiger partial charge in [-0.25, -0.2) is 4.98 Å². The third-order valence-electron chi connectivity index (χ3n) is 2.65. The third kappa shape index (κ3) is 2.20. The van der Waals surface area contributed by atoms with Crippen LogP contribution in [0, 0.1) is 6.92 Å². The quantitative estimate of drug-likeness (QED) is 0.894. The van der Waals surface area contributed by atoms with Gasteiger partial charge in [0.05, 0.1) is 0 Å². The first kappa shape index (κ1) is 11.4. The summed E-state index contributed by atoms with van der Waals surface area (Å²) in [6.07, 6.45) is 1.58. The molecule has 16 heavy (non-hydrogen) atoms. The van der Waals surface area contributed by atoms with E-state index in [1.54, 1.807) is 0 Å². The molecule has 3 nitrogen and oxygen atoms in total. The fourth-order valence-electron chi connectivity index (χ4n) is 1.66. The van der Waals surface area contributed by atoms with Gasteiger partial charge in [0, 0.05) is 17.5 Å². The van der Waals surface area contributed by atoms with Crippen molar-refractivity contribution in [1.29, 1.82) is 0 Å². The van der Waals surface area contributed by atoms with Gasteiger partial charge in [0.25, 0.3) is 0 Å². The number of hydrogen-bond acceptors (Lipinski definition) is 3. The van der Waals surface area contributed by atoms with Crippen molar-refractivity contribution in [1.82, 2.24) is 4.98 Å². The van der Waals surface area contributed by atoms with Crippen molar-refractivity contribution in [2.45, 2.75) is 32.7 Å². The van der Waals surface area contributed by atoms with Gasteiger partial charge in [-0.3, -0.25) is 0 Å². The molecule has 2 N–H and O–H groups in total. The molecule has 2 aromatic rings. The normalized spacial score (nSPS) is 13.2. The number of aryl methyl sites for hydroxylation is 1. The highest BCUT2D eigenvalue weighted by molar-refractivity contribution is 6.31. The molecule has 1 atom stereocenters. The number of fused-ring (bicyclic) bond motifs is 1. The summed E-state index contributed by atoms with van der Waals surface area (Å²) in [4.78, 5) is 4.39. The second-order valence-corrected chi connectivity index (χ2v) is 4.49. The molecule has 0 amide bonds. The highest BCUT2D eigenvalue weighted by atomic mass is 35.5. The Hall–Kier alpha value is -1.06. The first-order valence-corrected chi connectivity index (χ1v) is 5.79. The van der Waals surface area contributed by atoms with E-state index in [1.807, 2.05) is 19.1 Å². The predicted molar refractivity (Wildman–Crippen MR) is 65.7 cm³/mol. The van der Waals surface area contributed by atoms with Crippen LogP contribution in [0.4, 0.5) is 0 Å². The molecule has 0 spiro atoms. The largest absolute Gasteiger partial charge is 0.440 e. The van der Waals surface area contributed by atoms with Crippen LogP contribution in [-0.4, -0.2) is 11.0 Å². The molecule has 1 aromatic heterocycles. The number of hydrogen-bond donors (Lipinski definition) is 1. The van der Waals surface area contributed by atoms with Crippen molar-refractivity contribution in [3.8, 4) is 0 Å². The van der Waals surface area contributed by atoms with Crippen molar-refractivity contribution in [3.05, 3.63) is 28.6 Å². The van der Waals surface area contributed by atoms with E-state index in [1.165, 1.54) is 0 Å². The molecule has 1 heterocycles. The van der Waals surface area contributed by atoms with Crippen LogP contribution in [0.3, 0.4) is 0 Å². The summed E-state index contributed by atoms with van der Waals surface area (Å²) in [5, 5.41) is 0.685. The van der Waals surface area contributed by atoms with E-state index in [2.05, 4.69) is 11.9 Å². The number of halogens is 1. The average Bonchev–Trinajstić information content (AvgIpc) is 2.60. The van der Waals surface area contributed by atoms with E-state index in [-0.39, 0.29) is 6.04 Å². The van der Waals surface area contributed by atoms with E-state index >= 15 is 0 Å². The number of oxazole rings is 1. The van der Waals surface area contributed by atoms with Gasteiger partial charge in [0.2, 0.25) is 0 Å². The van der Waals surface area contributed by atoms with Crippen LogP contribution in [0.2, 0.25) is 5.02 Å². The van der Waals surface area contributed by atoms with Crippen LogP contribution in [-0.2, 0) is 6.42 Å². The van der Waals surface area contributed by atoms with E-state index in [0.29, 0.717) is 17.3 Å². The second-order valence-electron chi connectivity index (χ2n) is 4.05. The maximum Gasteiger partial charge on any atom is 0.197 e. The third-order valence-corrected chi connectivity index (χ3v) is 2.86. The Morgan fingerprint density at radius 3 is 2.94 bits per heavy atom. The predicted octanol–water partition coefficient (Wildman–Crippen LogP) is 3.07. The van der Waals surface area contributed by atoms with Gasteiger partial charge in [0.15, 0.2) is 11.5 Å². The SMILES string of the molecule is CCC(N)Cc1nc2cc(Cl)cc(C)c2o1. The van der Waals surface area contributed by atoms with E-state index in [9.17, 15) is 0 Å². The highest BCUT2D eigenvalue weighted by Gasteiger charge is 2.11. The van der Waals surface area contributed by atoms with Crippen LogP contribution in [0.5, 0.6) is 0 Å². The number of aromatic nitrogens is 1. The summed E-state index contributed by atoms with van der Waals surface area (Å²) >= 11 is 5.96. The number of rotatable bonds is 3. The smallest absolute Gasteiger partial charge is 0.197 e. The monoisotopic (exact) mass is 238 g/mol. The van der Waals surface area contributed by atoms with E-state index in [4.69, 9.17) is 21.8 Å². The fraction of sp³-hybridized carbons (Fsp3) is 0.417. The Kier molecular flexibility index (Phi) is 3.17.